The van der Waals surface area contributed by atoms with E-state index < -0.39 is 0 Å². The van der Waals surface area contributed by atoms with E-state index in [2.05, 4.69) is 31.8 Å². The standard InChI is InChI=1S/C14H20N2O2/c1-4-13-9-18-14(17)16(13)8-12-6-5-11(7-15-12)10(2)3/h5-7,10,13H,4,8-9H2,1-3H3. The van der Waals surface area contributed by atoms with Crippen molar-refractivity contribution in [1.82, 2.24) is 9.88 Å². The Hall–Kier alpha value is -1.58. The highest BCUT2D eigenvalue weighted by Gasteiger charge is 2.31. The van der Waals surface area contributed by atoms with Gasteiger partial charge >= 0.3 is 6.09 Å². The van der Waals surface area contributed by atoms with Crippen LogP contribution >= 0.6 is 0 Å². The van der Waals surface area contributed by atoms with Gasteiger partial charge in [0, 0.05) is 6.20 Å². The Morgan fingerprint density at radius 3 is 2.83 bits per heavy atom. The van der Waals surface area contributed by atoms with Crippen molar-refractivity contribution in [3.05, 3.63) is 29.6 Å². The number of hydrogen-bond donors (Lipinski definition) is 0. The molecule has 0 radical (unpaired) electrons. The van der Waals surface area contributed by atoms with Gasteiger partial charge < -0.3 is 4.74 Å². The average Bonchev–Trinajstić information content (AvgIpc) is 2.71. The molecular weight excluding hydrogens is 228 g/mol. The summed E-state index contributed by atoms with van der Waals surface area (Å²) in [5.74, 6) is 0.478. The Morgan fingerprint density at radius 1 is 1.50 bits per heavy atom. The predicted molar refractivity (Wildman–Crippen MR) is 69.3 cm³/mol. The van der Waals surface area contributed by atoms with Crippen molar-refractivity contribution < 1.29 is 9.53 Å². The number of aromatic nitrogens is 1. The SMILES string of the molecule is CCC1COC(=O)N1Cc1ccc(C(C)C)cn1. The highest BCUT2D eigenvalue weighted by Crippen LogP contribution is 2.19. The normalized spacial score (nSPS) is 19.4. The van der Waals surface area contributed by atoms with E-state index in [-0.39, 0.29) is 12.1 Å². The lowest BCUT2D eigenvalue weighted by Gasteiger charge is -2.19. The molecule has 18 heavy (non-hydrogen) atoms. The number of carbonyl (C=O) groups excluding carboxylic acids is 1. The molecule has 4 nitrogen and oxygen atoms in total. The second-order valence-electron chi connectivity index (χ2n) is 5.00. The van der Waals surface area contributed by atoms with Crippen LogP contribution in [0.2, 0.25) is 0 Å². The van der Waals surface area contributed by atoms with Crippen molar-refractivity contribution >= 4 is 6.09 Å². The lowest BCUT2D eigenvalue weighted by Crippen LogP contribution is -2.32. The number of carbonyl (C=O) groups is 1. The van der Waals surface area contributed by atoms with Gasteiger partial charge in [-0.1, -0.05) is 26.8 Å². The topological polar surface area (TPSA) is 42.4 Å². The number of amides is 1. The van der Waals surface area contributed by atoms with Gasteiger partial charge in [-0.2, -0.15) is 0 Å². The van der Waals surface area contributed by atoms with Crippen LogP contribution < -0.4 is 0 Å². The number of hydrogen-bond acceptors (Lipinski definition) is 3. The molecule has 1 aliphatic heterocycles. The summed E-state index contributed by atoms with van der Waals surface area (Å²) < 4.78 is 5.06. The zero-order chi connectivity index (χ0) is 13.1. The van der Waals surface area contributed by atoms with Crippen LogP contribution in [0.5, 0.6) is 0 Å². The molecule has 1 aromatic rings. The molecule has 0 aliphatic carbocycles. The van der Waals surface area contributed by atoms with Gasteiger partial charge in [0.25, 0.3) is 0 Å². The highest BCUT2D eigenvalue weighted by atomic mass is 16.6. The molecule has 4 heteroatoms. The third kappa shape index (κ3) is 2.63. The van der Waals surface area contributed by atoms with Crippen LogP contribution in [-0.2, 0) is 11.3 Å². The quantitative estimate of drug-likeness (QED) is 0.822. The summed E-state index contributed by atoms with van der Waals surface area (Å²) in [6.45, 7) is 7.38. The largest absolute Gasteiger partial charge is 0.447 e. The predicted octanol–water partition coefficient (Wildman–Crippen LogP) is 2.94. The molecule has 0 aromatic carbocycles. The summed E-state index contributed by atoms with van der Waals surface area (Å²) >= 11 is 0. The minimum atomic E-state index is -0.225. The summed E-state index contributed by atoms with van der Waals surface area (Å²) in [6, 6.07) is 4.26. The molecule has 1 saturated heterocycles. The van der Waals surface area contributed by atoms with Gasteiger partial charge in [0.1, 0.15) is 6.61 Å². The number of cyclic esters (lactones) is 1. The first kappa shape index (κ1) is 12.9. The van der Waals surface area contributed by atoms with Gasteiger partial charge in [-0.15, -0.1) is 0 Å². The maximum Gasteiger partial charge on any atom is 0.410 e. The zero-order valence-corrected chi connectivity index (χ0v) is 11.2. The summed E-state index contributed by atoms with van der Waals surface area (Å²) in [5.41, 5.74) is 2.13. The van der Waals surface area contributed by atoms with Crippen molar-refractivity contribution in [2.24, 2.45) is 0 Å². The molecule has 0 bridgehead atoms. The second kappa shape index (κ2) is 5.38. The van der Waals surface area contributed by atoms with Gasteiger partial charge in [0.15, 0.2) is 0 Å². The number of ether oxygens (including phenoxy) is 1. The smallest absolute Gasteiger partial charge is 0.410 e. The molecule has 1 fully saturated rings. The number of pyridine rings is 1. The molecular formula is C14H20N2O2. The molecule has 0 N–H and O–H groups in total. The molecule has 2 rings (SSSR count). The molecule has 1 amide bonds. The van der Waals surface area contributed by atoms with E-state index in [1.54, 1.807) is 4.90 Å². The van der Waals surface area contributed by atoms with Crippen molar-refractivity contribution in [2.75, 3.05) is 6.61 Å². The maximum absolute atomic E-state index is 11.6. The van der Waals surface area contributed by atoms with Crippen LogP contribution in [-0.4, -0.2) is 28.6 Å². The van der Waals surface area contributed by atoms with E-state index in [1.165, 1.54) is 5.56 Å². The van der Waals surface area contributed by atoms with E-state index in [0.29, 0.717) is 19.1 Å². The lowest BCUT2D eigenvalue weighted by molar-refractivity contribution is 0.155. The van der Waals surface area contributed by atoms with E-state index in [9.17, 15) is 4.79 Å². The summed E-state index contributed by atoms with van der Waals surface area (Å²) in [6.07, 6.45) is 2.58. The Kier molecular flexibility index (Phi) is 3.84. The minimum Gasteiger partial charge on any atom is -0.447 e. The van der Waals surface area contributed by atoms with Crippen molar-refractivity contribution in [1.29, 1.82) is 0 Å². The third-order valence-electron chi connectivity index (χ3n) is 3.39. The molecule has 1 unspecified atom stereocenters. The average molecular weight is 248 g/mol. The molecule has 0 saturated carbocycles. The van der Waals surface area contributed by atoms with E-state index >= 15 is 0 Å². The van der Waals surface area contributed by atoms with Crippen LogP contribution in [0.4, 0.5) is 4.79 Å². The van der Waals surface area contributed by atoms with Crippen LogP contribution in [0.1, 0.15) is 44.4 Å². The van der Waals surface area contributed by atoms with Crippen LogP contribution in [0.25, 0.3) is 0 Å². The first-order valence-corrected chi connectivity index (χ1v) is 6.50. The monoisotopic (exact) mass is 248 g/mol. The number of rotatable bonds is 4. The van der Waals surface area contributed by atoms with Crippen LogP contribution in [0.15, 0.2) is 18.3 Å². The fraction of sp³-hybridized carbons (Fsp3) is 0.571. The minimum absolute atomic E-state index is 0.184. The Labute approximate surface area is 108 Å². The Morgan fingerprint density at radius 2 is 2.28 bits per heavy atom. The molecule has 1 atom stereocenters. The summed E-state index contributed by atoms with van der Waals surface area (Å²) in [4.78, 5) is 17.8. The highest BCUT2D eigenvalue weighted by molar-refractivity contribution is 5.70. The molecule has 1 aromatic heterocycles. The fourth-order valence-electron chi connectivity index (χ4n) is 2.07. The maximum atomic E-state index is 11.6. The summed E-state index contributed by atoms with van der Waals surface area (Å²) in [7, 11) is 0. The third-order valence-corrected chi connectivity index (χ3v) is 3.39. The van der Waals surface area contributed by atoms with Gasteiger partial charge in [0.05, 0.1) is 18.3 Å². The first-order valence-electron chi connectivity index (χ1n) is 6.50. The lowest BCUT2D eigenvalue weighted by atomic mass is 10.1. The van der Waals surface area contributed by atoms with Gasteiger partial charge in [-0.25, -0.2) is 4.79 Å². The summed E-state index contributed by atoms with van der Waals surface area (Å²) in [5, 5.41) is 0. The Bertz CT molecular complexity index is 414. The van der Waals surface area contributed by atoms with Crippen LogP contribution in [0.3, 0.4) is 0 Å². The van der Waals surface area contributed by atoms with Crippen molar-refractivity contribution in [3.8, 4) is 0 Å². The zero-order valence-electron chi connectivity index (χ0n) is 11.2. The van der Waals surface area contributed by atoms with Crippen molar-refractivity contribution in [2.45, 2.75) is 45.7 Å². The van der Waals surface area contributed by atoms with E-state index in [0.717, 1.165) is 12.1 Å². The van der Waals surface area contributed by atoms with E-state index in [4.69, 9.17) is 4.74 Å². The van der Waals surface area contributed by atoms with Crippen LogP contribution in [0, 0.1) is 0 Å². The first-order chi connectivity index (χ1) is 8.61. The second-order valence-corrected chi connectivity index (χ2v) is 5.00. The molecule has 2 heterocycles. The number of nitrogens with zero attached hydrogens (tertiary/aromatic N) is 2. The molecule has 0 spiro atoms. The molecule has 98 valence electrons. The van der Waals surface area contributed by atoms with Crippen molar-refractivity contribution in [3.63, 3.8) is 0 Å². The Balaban J connectivity index is 2.06. The molecule has 1 aliphatic rings. The fourth-order valence-corrected chi connectivity index (χ4v) is 2.07. The van der Waals surface area contributed by atoms with E-state index in [1.807, 2.05) is 12.3 Å². The van der Waals surface area contributed by atoms with Gasteiger partial charge in [0.2, 0.25) is 0 Å². The van der Waals surface area contributed by atoms with Gasteiger partial charge in [-0.05, 0) is 24.0 Å². The van der Waals surface area contributed by atoms with Gasteiger partial charge in [-0.3, -0.25) is 9.88 Å².